The molecular weight excluding hydrogens is 310 g/mol. The first kappa shape index (κ1) is 16.7. The average Bonchev–Trinajstić information content (AvgIpc) is 3.25. The van der Waals surface area contributed by atoms with Gasteiger partial charge in [0.25, 0.3) is 0 Å². The lowest BCUT2D eigenvalue weighted by atomic mass is 9.97. The van der Waals surface area contributed by atoms with Crippen LogP contribution in [0.5, 0.6) is 0 Å². The molecule has 0 bridgehead atoms. The third kappa shape index (κ3) is 3.93. The summed E-state index contributed by atoms with van der Waals surface area (Å²) in [4.78, 5) is 5.04. The van der Waals surface area contributed by atoms with E-state index < -0.39 is 0 Å². The molecule has 25 heavy (non-hydrogen) atoms. The number of aromatic nitrogens is 3. The number of piperidine rings is 1. The summed E-state index contributed by atoms with van der Waals surface area (Å²) >= 11 is 0. The standard InChI is InChI=1S/C20H29N5/c1-23(15-17-7-3-2-4-8-17)13-14-24-11-5-9-18(16-24)20-22-21-19-10-6-12-25(19)20/h2-4,7-8,18H,5-6,9-16H2,1H3/t18-/m0/s1. The van der Waals surface area contributed by atoms with Gasteiger partial charge < -0.3 is 14.4 Å². The Morgan fingerprint density at radius 1 is 1.12 bits per heavy atom. The van der Waals surface area contributed by atoms with Gasteiger partial charge in [0.2, 0.25) is 0 Å². The van der Waals surface area contributed by atoms with Gasteiger partial charge >= 0.3 is 0 Å². The van der Waals surface area contributed by atoms with E-state index >= 15 is 0 Å². The number of fused-ring (bicyclic) bond motifs is 1. The van der Waals surface area contributed by atoms with Crippen LogP contribution in [0.2, 0.25) is 0 Å². The Balaban J connectivity index is 1.29. The Bertz CT molecular complexity index is 681. The molecule has 1 fully saturated rings. The van der Waals surface area contributed by atoms with Crippen LogP contribution in [0.25, 0.3) is 0 Å². The van der Waals surface area contributed by atoms with E-state index in [0.717, 1.165) is 39.1 Å². The lowest BCUT2D eigenvalue weighted by Gasteiger charge is -2.33. The van der Waals surface area contributed by atoms with E-state index in [9.17, 15) is 0 Å². The zero-order valence-corrected chi connectivity index (χ0v) is 15.3. The normalized spacial score (nSPS) is 21.0. The summed E-state index contributed by atoms with van der Waals surface area (Å²) in [5.74, 6) is 3.01. The van der Waals surface area contributed by atoms with Crippen molar-refractivity contribution in [3.63, 3.8) is 0 Å². The zero-order chi connectivity index (χ0) is 17.1. The fourth-order valence-electron chi connectivity index (χ4n) is 4.23. The van der Waals surface area contributed by atoms with Crippen LogP contribution >= 0.6 is 0 Å². The van der Waals surface area contributed by atoms with Crippen LogP contribution < -0.4 is 0 Å². The van der Waals surface area contributed by atoms with E-state index in [1.54, 1.807) is 0 Å². The summed E-state index contributed by atoms with van der Waals surface area (Å²) in [5, 5.41) is 8.93. The van der Waals surface area contributed by atoms with Gasteiger partial charge in [-0.1, -0.05) is 30.3 Å². The molecule has 5 heteroatoms. The molecule has 1 atom stereocenters. The van der Waals surface area contributed by atoms with Crippen molar-refractivity contribution in [1.82, 2.24) is 24.6 Å². The predicted octanol–water partition coefficient (Wildman–Crippen LogP) is 2.54. The van der Waals surface area contributed by atoms with Crippen LogP contribution in [0.3, 0.4) is 0 Å². The third-order valence-corrected chi connectivity index (χ3v) is 5.60. The molecule has 134 valence electrons. The molecule has 2 aliphatic rings. The van der Waals surface area contributed by atoms with E-state index in [4.69, 9.17) is 0 Å². The number of likely N-dealkylation sites (tertiary alicyclic amines) is 1. The molecule has 0 saturated carbocycles. The molecule has 2 aromatic rings. The van der Waals surface area contributed by atoms with Crippen molar-refractivity contribution in [2.24, 2.45) is 0 Å². The topological polar surface area (TPSA) is 37.2 Å². The minimum Gasteiger partial charge on any atom is -0.315 e. The maximum Gasteiger partial charge on any atom is 0.137 e. The maximum absolute atomic E-state index is 4.52. The largest absolute Gasteiger partial charge is 0.315 e. The second-order valence-corrected chi connectivity index (χ2v) is 7.59. The fourth-order valence-corrected chi connectivity index (χ4v) is 4.23. The van der Waals surface area contributed by atoms with Crippen LogP contribution in [-0.4, -0.2) is 57.8 Å². The van der Waals surface area contributed by atoms with Crippen molar-refractivity contribution in [2.45, 2.75) is 44.7 Å². The van der Waals surface area contributed by atoms with Crippen molar-refractivity contribution in [1.29, 1.82) is 0 Å². The van der Waals surface area contributed by atoms with Gasteiger partial charge in [-0.2, -0.15) is 0 Å². The first-order chi connectivity index (χ1) is 12.3. The minimum atomic E-state index is 0.563. The second-order valence-electron chi connectivity index (χ2n) is 7.59. The number of hydrogen-bond acceptors (Lipinski definition) is 4. The highest BCUT2D eigenvalue weighted by molar-refractivity contribution is 5.14. The summed E-state index contributed by atoms with van der Waals surface area (Å²) < 4.78 is 2.38. The van der Waals surface area contributed by atoms with Crippen molar-refractivity contribution in [3.8, 4) is 0 Å². The van der Waals surface area contributed by atoms with E-state index in [1.165, 1.54) is 43.0 Å². The number of benzene rings is 1. The van der Waals surface area contributed by atoms with E-state index in [1.807, 2.05) is 0 Å². The monoisotopic (exact) mass is 339 g/mol. The average molecular weight is 339 g/mol. The molecule has 4 rings (SSSR count). The third-order valence-electron chi connectivity index (χ3n) is 5.60. The van der Waals surface area contributed by atoms with Crippen molar-refractivity contribution >= 4 is 0 Å². The van der Waals surface area contributed by atoms with E-state index in [0.29, 0.717) is 5.92 Å². The van der Waals surface area contributed by atoms with Gasteiger partial charge in [-0.15, -0.1) is 10.2 Å². The number of rotatable bonds is 6. The molecule has 0 radical (unpaired) electrons. The van der Waals surface area contributed by atoms with Crippen LogP contribution in [0, 0.1) is 0 Å². The van der Waals surface area contributed by atoms with E-state index in [2.05, 4.69) is 61.9 Å². The van der Waals surface area contributed by atoms with Crippen molar-refractivity contribution in [3.05, 3.63) is 47.5 Å². The Morgan fingerprint density at radius 2 is 2.00 bits per heavy atom. The van der Waals surface area contributed by atoms with Crippen LogP contribution in [0.1, 0.15) is 42.4 Å². The fraction of sp³-hybridized carbons (Fsp3) is 0.600. The molecule has 2 aliphatic heterocycles. The number of nitrogens with zero attached hydrogens (tertiary/aromatic N) is 5. The highest BCUT2D eigenvalue weighted by atomic mass is 15.3. The SMILES string of the molecule is CN(CCN1CCC[C@H](c2nnc3n2CCC3)C1)Cc1ccccc1. The molecule has 1 saturated heterocycles. The maximum atomic E-state index is 4.52. The summed E-state index contributed by atoms with van der Waals surface area (Å²) in [7, 11) is 2.22. The molecule has 0 N–H and O–H groups in total. The molecule has 1 aromatic heterocycles. The lowest BCUT2D eigenvalue weighted by molar-refractivity contribution is 0.175. The second kappa shape index (κ2) is 7.67. The highest BCUT2D eigenvalue weighted by Gasteiger charge is 2.28. The van der Waals surface area contributed by atoms with Crippen molar-refractivity contribution in [2.75, 3.05) is 33.2 Å². The Labute approximate surface area is 150 Å². The van der Waals surface area contributed by atoms with Crippen LogP contribution in [0.4, 0.5) is 0 Å². The number of hydrogen-bond donors (Lipinski definition) is 0. The molecule has 5 nitrogen and oxygen atoms in total. The first-order valence-electron chi connectivity index (χ1n) is 9.66. The van der Waals surface area contributed by atoms with Crippen LogP contribution in [0.15, 0.2) is 30.3 Å². The van der Waals surface area contributed by atoms with Gasteiger partial charge in [-0.3, -0.25) is 0 Å². The Kier molecular flexibility index (Phi) is 5.13. The van der Waals surface area contributed by atoms with Crippen LogP contribution in [-0.2, 0) is 19.5 Å². The number of likely N-dealkylation sites (N-methyl/N-ethyl adjacent to an activating group) is 1. The van der Waals surface area contributed by atoms with Gasteiger partial charge in [-0.25, -0.2) is 0 Å². The van der Waals surface area contributed by atoms with Gasteiger partial charge in [0.15, 0.2) is 0 Å². The van der Waals surface area contributed by atoms with Gasteiger partial charge in [-0.05, 0) is 38.4 Å². The molecule has 0 amide bonds. The molecular formula is C20H29N5. The number of aryl methyl sites for hydroxylation is 1. The minimum absolute atomic E-state index is 0.563. The molecule has 0 aliphatic carbocycles. The molecule has 1 aromatic carbocycles. The van der Waals surface area contributed by atoms with Gasteiger partial charge in [0.05, 0.1) is 0 Å². The predicted molar refractivity (Wildman–Crippen MR) is 99.5 cm³/mol. The van der Waals surface area contributed by atoms with E-state index in [-0.39, 0.29) is 0 Å². The summed E-state index contributed by atoms with van der Waals surface area (Å²) in [6.07, 6.45) is 4.87. The quantitative estimate of drug-likeness (QED) is 0.810. The Hall–Kier alpha value is -1.72. The summed E-state index contributed by atoms with van der Waals surface area (Å²) in [5.41, 5.74) is 1.39. The van der Waals surface area contributed by atoms with Gasteiger partial charge in [0, 0.05) is 45.1 Å². The first-order valence-corrected chi connectivity index (χ1v) is 9.66. The summed E-state index contributed by atoms with van der Waals surface area (Å²) in [6, 6.07) is 10.7. The zero-order valence-electron chi connectivity index (χ0n) is 15.3. The smallest absolute Gasteiger partial charge is 0.137 e. The van der Waals surface area contributed by atoms with Crippen molar-refractivity contribution < 1.29 is 0 Å². The molecule has 3 heterocycles. The molecule has 0 spiro atoms. The Morgan fingerprint density at radius 3 is 2.88 bits per heavy atom. The molecule has 0 unspecified atom stereocenters. The van der Waals surface area contributed by atoms with Gasteiger partial charge in [0.1, 0.15) is 11.6 Å². The lowest BCUT2D eigenvalue weighted by Crippen LogP contribution is -2.39. The summed E-state index contributed by atoms with van der Waals surface area (Å²) in [6.45, 7) is 6.75. The highest BCUT2D eigenvalue weighted by Crippen LogP contribution is 2.28.